The van der Waals surface area contributed by atoms with E-state index in [0.717, 1.165) is 77.0 Å². The summed E-state index contributed by atoms with van der Waals surface area (Å²) in [4.78, 5) is 15.2. The number of benzene rings is 9. The maximum atomic E-state index is 6.79. The van der Waals surface area contributed by atoms with E-state index >= 15 is 0 Å². The van der Waals surface area contributed by atoms with Crippen LogP contribution in [0.5, 0.6) is 0 Å². The van der Waals surface area contributed by atoms with Crippen LogP contribution in [-0.2, 0) is 0 Å². The van der Waals surface area contributed by atoms with E-state index in [4.69, 9.17) is 19.4 Å². The standard InChI is InChI=1S/C53H33N3O/c1-4-15-34(16-5-1)37-23-14-24-38(29-37)41-31-46(50-47-30-39-21-10-11-22-40(39)32-48(47)57-49(50)33-41)44-27-28-45(43-26-13-12-25-42(43)44)53-55-51(35-17-6-2-7-18-35)54-52(56-53)36-19-8-3-9-20-36/h1-33H. The zero-order chi connectivity index (χ0) is 37.7. The topological polar surface area (TPSA) is 51.8 Å². The van der Waals surface area contributed by atoms with Crippen molar-refractivity contribution in [3.8, 4) is 67.5 Å². The molecule has 0 aliphatic heterocycles. The quantitative estimate of drug-likeness (QED) is 0.171. The third-order valence-electron chi connectivity index (χ3n) is 10.9. The van der Waals surface area contributed by atoms with Crippen molar-refractivity contribution in [3.05, 3.63) is 200 Å². The second-order valence-electron chi connectivity index (χ2n) is 14.4. The Hall–Kier alpha value is -7.69. The minimum Gasteiger partial charge on any atom is -0.456 e. The van der Waals surface area contributed by atoms with E-state index < -0.39 is 0 Å². The first-order valence-corrected chi connectivity index (χ1v) is 19.2. The van der Waals surface area contributed by atoms with Gasteiger partial charge in [0.1, 0.15) is 11.2 Å². The molecule has 266 valence electrons. The fourth-order valence-corrected chi connectivity index (χ4v) is 8.14. The van der Waals surface area contributed by atoms with Crippen molar-refractivity contribution in [2.24, 2.45) is 0 Å². The molecule has 0 aliphatic rings. The number of nitrogens with zero attached hydrogens (tertiary/aromatic N) is 3. The summed E-state index contributed by atoms with van der Waals surface area (Å²) in [6.45, 7) is 0. The van der Waals surface area contributed by atoms with Gasteiger partial charge in [-0.1, -0.05) is 164 Å². The molecular formula is C53H33N3O. The lowest BCUT2D eigenvalue weighted by Crippen LogP contribution is -2.00. The molecule has 0 fully saturated rings. The van der Waals surface area contributed by atoms with Crippen molar-refractivity contribution >= 4 is 43.5 Å². The molecule has 11 rings (SSSR count). The van der Waals surface area contributed by atoms with Gasteiger partial charge in [-0.15, -0.1) is 0 Å². The molecule has 4 nitrogen and oxygen atoms in total. The van der Waals surface area contributed by atoms with Crippen LogP contribution in [0.4, 0.5) is 0 Å². The van der Waals surface area contributed by atoms with E-state index in [1.54, 1.807) is 0 Å². The summed E-state index contributed by atoms with van der Waals surface area (Å²) in [7, 11) is 0. The first-order valence-electron chi connectivity index (χ1n) is 19.2. The Kier molecular flexibility index (Phi) is 7.78. The Morgan fingerprint density at radius 2 is 0.789 bits per heavy atom. The Labute approximate surface area is 329 Å². The molecule has 0 unspecified atom stereocenters. The average Bonchev–Trinajstić information content (AvgIpc) is 3.65. The van der Waals surface area contributed by atoms with Crippen LogP contribution in [0, 0.1) is 0 Å². The molecule has 57 heavy (non-hydrogen) atoms. The third kappa shape index (κ3) is 5.83. The van der Waals surface area contributed by atoms with Crippen LogP contribution in [0.2, 0.25) is 0 Å². The van der Waals surface area contributed by atoms with Gasteiger partial charge < -0.3 is 4.42 Å². The van der Waals surface area contributed by atoms with Crippen LogP contribution in [-0.4, -0.2) is 15.0 Å². The molecule has 2 aromatic heterocycles. The van der Waals surface area contributed by atoms with Crippen LogP contribution >= 0.6 is 0 Å². The van der Waals surface area contributed by atoms with E-state index in [9.17, 15) is 0 Å². The second-order valence-corrected chi connectivity index (χ2v) is 14.4. The number of fused-ring (bicyclic) bond motifs is 5. The van der Waals surface area contributed by atoms with Crippen molar-refractivity contribution in [1.82, 2.24) is 15.0 Å². The molecular weight excluding hydrogens is 695 g/mol. The molecule has 9 aromatic carbocycles. The summed E-state index contributed by atoms with van der Waals surface area (Å²) in [6, 6.07) is 70.0. The van der Waals surface area contributed by atoms with Gasteiger partial charge in [-0.3, -0.25) is 0 Å². The molecule has 0 atom stereocenters. The van der Waals surface area contributed by atoms with Gasteiger partial charge in [-0.05, 0) is 91.3 Å². The van der Waals surface area contributed by atoms with Gasteiger partial charge >= 0.3 is 0 Å². The number of aromatic nitrogens is 3. The van der Waals surface area contributed by atoms with E-state index in [1.807, 2.05) is 60.7 Å². The lowest BCUT2D eigenvalue weighted by Gasteiger charge is -2.15. The molecule has 0 bridgehead atoms. The van der Waals surface area contributed by atoms with E-state index in [0.29, 0.717) is 17.5 Å². The van der Waals surface area contributed by atoms with Crippen molar-refractivity contribution in [2.75, 3.05) is 0 Å². The minimum absolute atomic E-state index is 0.627. The van der Waals surface area contributed by atoms with Crippen LogP contribution in [0.25, 0.3) is 111 Å². The van der Waals surface area contributed by atoms with Gasteiger partial charge in [-0.2, -0.15) is 0 Å². The van der Waals surface area contributed by atoms with Gasteiger partial charge in [0.15, 0.2) is 17.5 Å². The summed E-state index contributed by atoms with van der Waals surface area (Å²) in [5, 5.41) is 6.67. The Morgan fingerprint density at radius 1 is 0.281 bits per heavy atom. The largest absolute Gasteiger partial charge is 0.456 e. The maximum absolute atomic E-state index is 6.79. The van der Waals surface area contributed by atoms with Crippen LogP contribution < -0.4 is 0 Å². The Morgan fingerprint density at radius 3 is 1.46 bits per heavy atom. The van der Waals surface area contributed by atoms with E-state index in [1.165, 1.54) is 16.5 Å². The summed E-state index contributed by atoms with van der Waals surface area (Å²) in [5.41, 5.74) is 11.3. The van der Waals surface area contributed by atoms with E-state index in [-0.39, 0.29) is 0 Å². The number of furan rings is 1. The lowest BCUT2D eigenvalue weighted by molar-refractivity contribution is 0.669. The highest BCUT2D eigenvalue weighted by Gasteiger charge is 2.20. The number of rotatable bonds is 6. The molecule has 0 radical (unpaired) electrons. The molecule has 0 N–H and O–H groups in total. The van der Waals surface area contributed by atoms with Gasteiger partial charge in [-0.25, -0.2) is 15.0 Å². The number of hydrogen-bond acceptors (Lipinski definition) is 4. The van der Waals surface area contributed by atoms with Crippen molar-refractivity contribution in [1.29, 1.82) is 0 Å². The van der Waals surface area contributed by atoms with Gasteiger partial charge in [0.05, 0.1) is 0 Å². The fraction of sp³-hybridized carbons (Fsp3) is 0. The monoisotopic (exact) mass is 727 g/mol. The maximum Gasteiger partial charge on any atom is 0.164 e. The Bertz CT molecular complexity index is 3220. The highest BCUT2D eigenvalue weighted by atomic mass is 16.3. The zero-order valence-corrected chi connectivity index (χ0v) is 30.8. The SMILES string of the molecule is c1ccc(-c2cccc(-c3cc(-c4ccc(-c5nc(-c6ccccc6)nc(-c6ccccc6)n5)c5ccccc45)c4c(c3)oc3cc5ccccc5cc34)c2)cc1. The van der Waals surface area contributed by atoms with Crippen molar-refractivity contribution < 1.29 is 4.42 Å². The third-order valence-corrected chi connectivity index (χ3v) is 10.9. The summed E-state index contributed by atoms with van der Waals surface area (Å²) in [5.74, 6) is 1.90. The van der Waals surface area contributed by atoms with Crippen LogP contribution in [0.15, 0.2) is 205 Å². The second kappa shape index (κ2) is 13.6. The molecule has 0 aliphatic carbocycles. The molecule has 0 amide bonds. The zero-order valence-electron chi connectivity index (χ0n) is 30.8. The first kappa shape index (κ1) is 32.7. The molecule has 4 heteroatoms. The summed E-state index contributed by atoms with van der Waals surface area (Å²) < 4.78 is 6.79. The van der Waals surface area contributed by atoms with Gasteiger partial charge in [0.25, 0.3) is 0 Å². The van der Waals surface area contributed by atoms with E-state index in [2.05, 4.69) is 140 Å². The van der Waals surface area contributed by atoms with Crippen molar-refractivity contribution in [2.45, 2.75) is 0 Å². The summed E-state index contributed by atoms with van der Waals surface area (Å²) >= 11 is 0. The summed E-state index contributed by atoms with van der Waals surface area (Å²) in [6.07, 6.45) is 0. The number of hydrogen-bond donors (Lipinski definition) is 0. The van der Waals surface area contributed by atoms with Crippen LogP contribution in [0.1, 0.15) is 0 Å². The smallest absolute Gasteiger partial charge is 0.164 e. The Balaban J connectivity index is 1.16. The fourth-order valence-electron chi connectivity index (χ4n) is 8.14. The first-order chi connectivity index (χ1) is 28.2. The normalized spacial score (nSPS) is 11.5. The molecule has 11 aromatic rings. The molecule has 2 heterocycles. The highest BCUT2D eigenvalue weighted by molar-refractivity contribution is 6.19. The van der Waals surface area contributed by atoms with Gasteiger partial charge in [0, 0.05) is 27.5 Å². The predicted molar refractivity (Wildman–Crippen MR) is 235 cm³/mol. The molecule has 0 saturated carbocycles. The highest BCUT2D eigenvalue weighted by Crippen LogP contribution is 2.45. The average molecular weight is 728 g/mol. The van der Waals surface area contributed by atoms with Crippen LogP contribution in [0.3, 0.4) is 0 Å². The molecule has 0 spiro atoms. The predicted octanol–water partition coefficient (Wildman–Crippen LogP) is 14.1. The lowest BCUT2D eigenvalue weighted by atomic mass is 9.89. The minimum atomic E-state index is 0.627. The van der Waals surface area contributed by atoms with Gasteiger partial charge in [0.2, 0.25) is 0 Å². The van der Waals surface area contributed by atoms with Crippen molar-refractivity contribution in [3.63, 3.8) is 0 Å². The molecule has 0 saturated heterocycles.